The van der Waals surface area contributed by atoms with Crippen LogP contribution in [0.3, 0.4) is 0 Å². The second-order valence-electron chi connectivity index (χ2n) is 3.54. The highest BCUT2D eigenvalue weighted by Crippen LogP contribution is 2.33. The molecule has 0 unspecified atom stereocenters. The Morgan fingerprint density at radius 1 is 1.25 bits per heavy atom. The Hall–Kier alpha value is -2.68. The van der Waals surface area contributed by atoms with Gasteiger partial charge in [0.1, 0.15) is 0 Å². The molecule has 0 aromatic carbocycles. The van der Waals surface area contributed by atoms with Crippen molar-refractivity contribution in [1.29, 1.82) is 0 Å². The first-order chi connectivity index (χ1) is 9.74. The Balaban J connectivity index is 1.87. The molecule has 3 rings (SSSR count). The molecule has 0 aliphatic heterocycles. The summed E-state index contributed by atoms with van der Waals surface area (Å²) in [5, 5.41) is 18.8. The van der Waals surface area contributed by atoms with Gasteiger partial charge in [-0.1, -0.05) is 0 Å². The van der Waals surface area contributed by atoms with E-state index in [1.807, 2.05) is 0 Å². The number of hydrogen-bond donors (Lipinski definition) is 0. The maximum Gasteiger partial charge on any atom is 0.301 e. The van der Waals surface area contributed by atoms with Crippen LogP contribution < -0.4 is 0 Å². The van der Waals surface area contributed by atoms with Crippen molar-refractivity contribution in [1.82, 2.24) is 15.2 Å². The fourth-order valence-electron chi connectivity index (χ4n) is 1.43. The van der Waals surface area contributed by atoms with Crippen LogP contribution in [0.4, 0.5) is 5.69 Å². The van der Waals surface area contributed by atoms with Crippen LogP contribution in [-0.4, -0.2) is 20.1 Å². The minimum absolute atomic E-state index is 0.116. The van der Waals surface area contributed by atoms with Gasteiger partial charge in [0, 0.05) is 12.3 Å². The van der Waals surface area contributed by atoms with E-state index in [9.17, 15) is 10.1 Å². The van der Waals surface area contributed by atoms with Gasteiger partial charge in [0.15, 0.2) is 10.8 Å². The maximum atomic E-state index is 10.9. The van der Waals surface area contributed by atoms with E-state index in [0.29, 0.717) is 5.76 Å². The zero-order valence-electron chi connectivity index (χ0n) is 9.79. The molecule has 0 saturated carbocycles. The van der Waals surface area contributed by atoms with E-state index in [1.165, 1.54) is 24.6 Å². The van der Waals surface area contributed by atoms with Gasteiger partial charge in [-0.05, 0) is 30.0 Å². The molecule has 3 aromatic heterocycles. The standard InChI is InChI=1S/C11H6N4O4S/c16-15(17)7-3-1-5-12-10(7)20-11-14-13-9(19-11)8-4-2-6-18-8/h1-6H. The Bertz CT molecular complexity index is 740. The lowest BCUT2D eigenvalue weighted by Gasteiger charge is -1.96. The van der Waals surface area contributed by atoms with Crippen molar-refractivity contribution in [2.75, 3.05) is 0 Å². The van der Waals surface area contributed by atoms with Gasteiger partial charge in [-0.3, -0.25) is 10.1 Å². The zero-order chi connectivity index (χ0) is 13.9. The normalized spacial score (nSPS) is 10.6. The van der Waals surface area contributed by atoms with Crippen molar-refractivity contribution >= 4 is 17.4 Å². The first-order valence-electron chi connectivity index (χ1n) is 5.38. The number of hydrogen-bond acceptors (Lipinski definition) is 8. The van der Waals surface area contributed by atoms with Crippen LogP contribution in [0.1, 0.15) is 0 Å². The van der Waals surface area contributed by atoms with E-state index in [4.69, 9.17) is 8.83 Å². The number of pyridine rings is 1. The molecule has 20 heavy (non-hydrogen) atoms. The summed E-state index contributed by atoms with van der Waals surface area (Å²) in [5.41, 5.74) is -0.116. The summed E-state index contributed by atoms with van der Waals surface area (Å²) >= 11 is 0.926. The first-order valence-corrected chi connectivity index (χ1v) is 6.20. The van der Waals surface area contributed by atoms with E-state index in [-0.39, 0.29) is 21.8 Å². The molecule has 0 radical (unpaired) electrons. The summed E-state index contributed by atoms with van der Waals surface area (Å²) in [7, 11) is 0. The van der Waals surface area contributed by atoms with Crippen LogP contribution in [0.5, 0.6) is 0 Å². The number of aromatic nitrogens is 3. The topological polar surface area (TPSA) is 108 Å². The molecule has 0 aliphatic carbocycles. The summed E-state index contributed by atoms with van der Waals surface area (Å²) in [6.07, 6.45) is 2.94. The van der Waals surface area contributed by atoms with Crippen molar-refractivity contribution in [2.24, 2.45) is 0 Å². The van der Waals surface area contributed by atoms with Crippen molar-refractivity contribution in [3.63, 3.8) is 0 Å². The number of furan rings is 1. The van der Waals surface area contributed by atoms with Crippen molar-refractivity contribution in [3.05, 3.63) is 46.8 Å². The third kappa shape index (κ3) is 2.38. The monoisotopic (exact) mass is 290 g/mol. The van der Waals surface area contributed by atoms with Gasteiger partial charge in [0.2, 0.25) is 0 Å². The van der Waals surface area contributed by atoms with Crippen LogP contribution in [0, 0.1) is 10.1 Å². The molecule has 3 aromatic rings. The molecule has 0 spiro atoms. The van der Waals surface area contributed by atoms with Crippen LogP contribution in [0.2, 0.25) is 0 Å². The third-order valence-electron chi connectivity index (χ3n) is 2.27. The highest BCUT2D eigenvalue weighted by molar-refractivity contribution is 7.99. The van der Waals surface area contributed by atoms with Crippen LogP contribution in [0.15, 0.2) is 55.8 Å². The fraction of sp³-hybridized carbons (Fsp3) is 0. The zero-order valence-corrected chi connectivity index (χ0v) is 10.6. The lowest BCUT2D eigenvalue weighted by atomic mass is 10.4. The first kappa shape index (κ1) is 12.4. The summed E-state index contributed by atoms with van der Waals surface area (Å²) in [5.74, 6) is 0.635. The second-order valence-corrected chi connectivity index (χ2v) is 4.48. The van der Waals surface area contributed by atoms with Crippen molar-refractivity contribution < 1.29 is 13.8 Å². The molecule has 0 bridgehead atoms. The third-order valence-corrected chi connectivity index (χ3v) is 3.12. The molecule has 0 aliphatic rings. The Labute approximate surface area is 116 Å². The van der Waals surface area contributed by atoms with Crippen molar-refractivity contribution in [3.8, 4) is 11.7 Å². The molecule has 0 fully saturated rings. The van der Waals surface area contributed by atoms with Crippen LogP contribution in [0.25, 0.3) is 11.7 Å². The minimum Gasteiger partial charge on any atom is -0.459 e. The average Bonchev–Trinajstić information content (AvgIpc) is 3.09. The van der Waals surface area contributed by atoms with Gasteiger partial charge in [-0.25, -0.2) is 4.98 Å². The highest BCUT2D eigenvalue weighted by atomic mass is 32.2. The molecular formula is C11H6N4O4S. The Kier molecular flexibility index (Phi) is 3.17. The molecule has 8 nitrogen and oxygen atoms in total. The maximum absolute atomic E-state index is 10.9. The molecule has 0 N–H and O–H groups in total. The van der Waals surface area contributed by atoms with Crippen molar-refractivity contribution in [2.45, 2.75) is 10.2 Å². The van der Waals surface area contributed by atoms with Gasteiger partial charge >= 0.3 is 5.69 Å². The van der Waals surface area contributed by atoms with Gasteiger partial charge in [-0.2, -0.15) is 0 Å². The summed E-state index contributed by atoms with van der Waals surface area (Å²) in [4.78, 5) is 14.3. The van der Waals surface area contributed by atoms with Gasteiger partial charge in [-0.15, -0.1) is 10.2 Å². The lowest BCUT2D eigenvalue weighted by molar-refractivity contribution is -0.388. The smallest absolute Gasteiger partial charge is 0.301 e. The summed E-state index contributed by atoms with van der Waals surface area (Å²) in [6.45, 7) is 0. The Morgan fingerprint density at radius 2 is 2.15 bits per heavy atom. The van der Waals surface area contributed by atoms with E-state index in [1.54, 1.807) is 12.1 Å². The van der Waals surface area contributed by atoms with Crippen LogP contribution in [-0.2, 0) is 0 Å². The highest BCUT2D eigenvalue weighted by Gasteiger charge is 2.19. The SMILES string of the molecule is O=[N+]([O-])c1cccnc1Sc1nnc(-c2ccco2)o1. The predicted molar refractivity (Wildman–Crippen MR) is 67.0 cm³/mol. The minimum atomic E-state index is -0.515. The van der Waals surface area contributed by atoms with E-state index < -0.39 is 4.92 Å². The fourth-order valence-corrected chi connectivity index (χ4v) is 2.16. The number of nitro groups is 1. The number of rotatable bonds is 4. The van der Waals surface area contributed by atoms with Gasteiger partial charge in [0.25, 0.3) is 11.1 Å². The molecule has 0 amide bonds. The molecule has 0 saturated heterocycles. The Morgan fingerprint density at radius 3 is 2.90 bits per heavy atom. The van der Waals surface area contributed by atoms with E-state index >= 15 is 0 Å². The molecule has 0 atom stereocenters. The summed E-state index contributed by atoms with van der Waals surface area (Å²) < 4.78 is 10.5. The largest absolute Gasteiger partial charge is 0.459 e. The van der Waals surface area contributed by atoms with E-state index in [0.717, 1.165) is 11.8 Å². The van der Waals surface area contributed by atoms with Gasteiger partial charge < -0.3 is 8.83 Å². The lowest BCUT2D eigenvalue weighted by Crippen LogP contribution is -1.92. The second kappa shape index (κ2) is 5.13. The molecule has 100 valence electrons. The molecule has 3 heterocycles. The van der Waals surface area contributed by atoms with E-state index in [2.05, 4.69) is 15.2 Å². The summed E-state index contributed by atoms with van der Waals surface area (Å²) in [6, 6.07) is 6.21. The molecular weight excluding hydrogens is 284 g/mol. The quantitative estimate of drug-likeness (QED) is 0.533. The van der Waals surface area contributed by atoms with Crippen LogP contribution >= 0.6 is 11.8 Å². The average molecular weight is 290 g/mol. The number of nitrogens with zero attached hydrogens (tertiary/aromatic N) is 4. The van der Waals surface area contributed by atoms with Gasteiger partial charge in [0.05, 0.1) is 11.2 Å². The predicted octanol–water partition coefficient (Wildman–Crippen LogP) is 2.78. The molecule has 9 heteroatoms.